The number of aryl methyl sites for hydroxylation is 2. The van der Waals surface area contributed by atoms with Crippen LogP contribution < -0.4 is 10.1 Å². The molecular weight excluding hydrogens is 430 g/mol. The number of amides is 1. The molecular formula is C19H20ClN5O2S2. The summed E-state index contributed by atoms with van der Waals surface area (Å²) in [5.74, 6) is 1.42. The minimum absolute atomic E-state index is 0.150. The summed E-state index contributed by atoms with van der Waals surface area (Å²) in [6.45, 7) is 8.42. The lowest BCUT2D eigenvalue weighted by molar-refractivity contribution is -0.113. The number of allylic oxidation sites excluding steroid dienone is 1. The summed E-state index contributed by atoms with van der Waals surface area (Å²) in [4.78, 5) is 16.1. The fourth-order valence-electron chi connectivity index (χ4n) is 2.55. The van der Waals surface area contributed by atoms with Crippen molar-refractivity contribution in [3.8, 4) is 5.75 Å². The van der Waals surface area contributed by atoms with Gasteiger partial charge in [0.2, 0.25) is 5.91 Å². The number of hydrogen-bond acceptors (Lipinski definition) is 7. The third kappa shape index (κ3) is 5.59. The largest absolute Gasteiger partial charge is 0.486 e. The van der Waals surface area contributed by atoms with E-state index in [9.17, 15) is 4.79 Å². The van der Waals surface area contributed by atoms with Gasteiger partial charge in [0.05, 0.1) is 5.75 Å². The second-order valence-electron chi connectivity index (χ2n) is 6.13. The van der Waals surface area contributed by atoms with Crippen LogP contribution >= 0.6 is 34.7 Å². The first kappa shape index (κ1) is 21.4. The SMILES string of the molecule is C=CCn1c(COc2cc(C)c(Cl)c(C)c2)nnc1SCC(=O)Nc1nccs1. The summed E-state index contributed by atoms with van der Waals surface area (Å²) in [6.07, 6.45) is 3.40. The molecule has 1 N–H and O–H groups in total. The number of carbonyl (C=O) groups excluding carboxylic acids is 1. The number of nitrogens with one attached hydrogen (secondary N) is 1. The van der Waals surface area contributed by atoms with Crippen molar-refractivity contribution < 1.29 is 9.53 Å². The number of ether oxygens (including phenoxy) is 1. The Morgan fingerprint density at radius 2 is 2.14 bits per heavy atom. The molecule has 1 amide bonds. The summed E-state index contributed by atoms with van der Waals surface area (Å²) in [5, 5.41) is 14.9. The van der Waals surface area contributed by atoms with Crippen molar-refractivity contribution in [2.24, 2.45) is 0 Å². The predicted molar refractivity (Wildman–Crippen MR) is 117 cm³/mol. The van der Waals surface area contributed by atoms with Crippen LogP contribution in [0.4, 0.5) is 5.13 Å². The zero-order valence-electron chi connectivity index (χ0n) is 16.0. The lowest BCUT2D eigenvalue weighted by Gasteiger charge is -2.11. The van der Waals surface area contributed by atoms with E-state index in [0.29, 0.717) is 22.7 Å². The van der Waals surface area contributed by atoms with Crippen LogP contribution in [0.25, 0.3) is 0 Å². The van der Waals surface area contributed by atoms with Crippen LogP contribution in [-0.2, 0) is 17.9 Å². The van der Waals surface area contributed by atoms with Crippen molar-refractivity contribution in [1.29, 1.82) is 0 Å². The molecule has 29 heavy (non-hydrogen) atoms. The van der Waals surface area contributed by atoms with Gasteiger partial charge in [-0.05, 0) is 37.1 Å². The van der Waals surface area contributed by atoms with Crippen molar-refractivity contribution in [2.45, 2.75) is 32.2 Å². The van der Waals surface area contributed by atoms with Gasteiger partial charge >= 0.3 is 0 Å². The highest BCUT2D eigenvalue weighted by molar-refractivity contribution is 7.99. The summed E-state index contributed by atoms with van der Waals surface area (Å²) < 4.78 is 7.77. The molecule has 1 aromatic carbocycles. The summed E-state index contributed by atoms with van der Waals surface area (Å²) >= 11 is 8.88. The topological polar surface area (TPSA) is 81.9 Å². The summed E-state index contributed by atoms with van der Waals surface area (Å²) in [7, 11) is 0. The van der Waals surface area contributed by atoms with Crippen LogP contribution in [0.15, 0.2) is 41.5 Å². The fourth-order valence-corrected chi connectivity index (χ4v) is 3.97. The van der Waals surface area contributed by atoms with Crippen molar-refractivity contribution in [3.63, 3.8) is 0 Å². The van der Waals surface area contributed by atoms with Crippen LogP contribution in [0.3, 0.4) is 0 Å². The lowest BCUT2D eigenvalue weighted by Crippen LogP contribution is -2.14. The molecule has 152 valence electrons. The minimum Gasteiger partial charge on any atom is -0.486 e. The Morgan fingerprint density at radius 3 is 2.79 bits per heavy atom. The maximum Gasteiger partial charge on any atom is 0.236 e. The molecule has 3 rings (SSSR count). The van der Waals surface area contributed by atoms with E-state index in [0.717, 1.165) is 21.9 Å². The Kier molecular flexibility index (Phi) is 7.29. The number of rotatable bonds is 9. The highest BCUT2D eigenvalue weighted by atomic mass is 35.5. The minimum atomic E-state index is -0.150. The predicted octanol–water partition coefficient (Wildman–Crippen LogP) is 4.50. The first-order chi connectivity index (χ1) is 14.0. The molecule has 0 bridgehead atoms. The van der Waals surface area contributed by atoms with Crippen LogP contribution in [0.2, 0.25) is 5.02 Å². The molecule has 0 aliphatic heterocycles. The molecule has 2 heterocycles. The number of thiazole rings is 1. The zero-order chi connectivity index (χ0) is 20.8. The van der Waals surface area contributed by atoms with Gasteiger partial charge in [-0.3, -0.25) is 9.36 Å². The second-order valence-corrected chi connectivity index (χ2v) is 8.35. The van der Waals surface area contributed by atoms with E-state index < -0.39 is 0 Å². The molecule has 0 aliphatic rings. The van der Waals surface area contributed by atoms with Crippen molar-refractivity contribution in [1.82, 2.24) is 19.7 Å². The monoisotopic (exact) mass is 449 g/mol. The van der Waals surface area contributed by atoms with Gasteiger partial charge in [0.15, 0.2) is 16.1 Å². The molecule has 0 saturated carbocycles. The van der Waals surface area contributed by atoms with E-state index in [1.807, 2.05) is 30.5 Å². The van der Waals surface area contributed by atoms with E-state index in [1.165, 1.54) is 23.1 Å². The highest BCUT2D eigenvalue weighted by Crippen LogP contribution is 2.26. The third-order valence-electron chi connectivity index (χ3n) is 3.89. The fraction of sp³-hybridized carbons (Fsp3) is 0.263. The van der Waals surface area contributed by atoms with E-state index in [-0.39, 0.29) is 18.3 Å². The molecule has 2 aromatic heterocycles. The molecule has 0 fully saturated rings. The van der Waals surface area contributed by atoms with Gasteiger partial charge in [-0.25, -0.2) is 4.98 Å². The van der Waals surface area contributed by atoms with Crippen molar-refractivity contribution >= 4 is 45.7 Å². The Bertz CT molecular complexity index is 981. The number of hydrogen-bond donors (Lipinski definition) is 1. The Balaban J connectivity index is 1.65. The first-order valence-corrected chi connectivity index (χ1v) is 11.0. The molecule has 0 saturated heterocycles. The zero-order valence-corrected chi connectivity index (χ0v) is 18.4. The van der Waals surface area contributed by atoms with Crippen molar-refractivity contribution in [3.05, 3.63) is 58.3 Å². The first-order valence-electron chi connectivity index (χ1n) is 8.72. The standard InChI is InChI=1S/C19H20ClN5O2S2/c1-4-6-25-15(10-27-14-8-12(2)17(20)13(3)9-14)23-24-19(25)29-11-16(26)22-18-21-5-7-28-18/h4-5,7-9H,1,6,10-11H2,2-3H3,(H,21,22,26). The molecule has 0 radical (unpaired) electrons. The summed E-state index contributed by atoms with van der Waals surface area (Å²) in [6, 6.07) is 3.78. The number of halogens is 1. The number of benzene rings is 1. The number of nitrogens with zero attached hydrogens (tertiary/aromatic N) is 4. The van der Waals surface area contributed by atoms with E-state index in [1.54, 1.807) is 17.7 Å². The number of anilines is 1. The van der Waals surface area contributed by atoms with E-state index in [4.69, 9.17) is 16.3 Å². The second kappa shape index (κ2) is 9.91. The molecule has 0 atom stereocenters. The van der Waals surface area contributed by atoms with Crippen LogP contribution in [-0.4, -0.2) is 31.4 Å². The summed E-state index contributed by atoms with van der Waals surface area (Å²) in [5.41, 5.74) is 1.91. The average molecular weight is 450 g/mol. The van der Waals surface area contributed by atoms with Gasteiger partial charge < -0.3 is 10.1 Å². The maximum atomic E-state index is 12.1. The number of aromatic nitrogens is 4. The van der Waals surface area contributed by atoms with Crippen LogP contribution in [0, 0.1) is 13.8 Å². The number of thioether (sulfide) groups is 1. The third-order valence-corrected chi connectivity index (χ3v) is 6.15. The lowest BCUT2D eigenvalue weighted by atomic mass is 10.1. The molecule has 0 aliphatic carbocycles. The Labute approximate surface area is 182 Å². The quantitative estimate of drug-likeness (QED) is 0.382. The number of carbonyl (C=O) groups is 1. The van der Waals surface area contributed by atoms with E-state index in [2.05, 4.69) is 27.1 Å². The van der Waals surface area contributed by atoms with Gasteiger partial charge in [-0.15, -0.1) is 28.1 Å². The van der Waals surface area contributed by atoms with Gasteiger partial charge in [-0.1, -0.05) is 29.4 Å². The van der Waals surface area contributed by atoms with Gasteiger partial charge in [0, 0.05) is 23.1 Å². The van der Waals surface area contributed by atoms with Gasteiger partial charge in [0.1, 0.15) is 12.4 Å². The van der Waals surface area contributed by atoms with Gasteiger partial charge in [0.25, 0.3) is 0 Å². The average Bonchev–Trinajstić information content (AvgIpc) is 3.33. The molecule has 0 spiro atoms. The molecule has 3 aromatic rings. The van der Waals surface area contributed by atoms with Crippen LogP contribution in [0.5, 0.6) is 5.75 Å². The Morgan fingerprint density at radius 1 is 1.38 bits per heavy atom. The van der Waals surface area contributed by atoms with Crippen molar-refractivity contribution in [2.75, 3.05) is 11.1 Å². The smallest absolute Gasteiger partial charge is 0.236 e. The Hall–Kier alpha value is -2.36. The van der Waals surface area contributed by atoms with E-state index >= 15 is 0 Å². The van der Waals surface area contributed by atoms with Gasteiger partial charge in [-0.2, -0.15) is 0 Å². The maximum absolute atomic E-state index is 12.1. The molecule has 0 unspecified atom stereocenters. The molecule has 10 heteroatoms. The normalized spacial score (nSPS) is 10.7. The molecule has 7 nitrogen and oxygen atoms in total. The van der Waals surface area contributed by atoms with Crippen LogP contribution in [0.1, 0.15) is 17.0 Å². The highest BCUT2D eigenvalue weighted by Gasteiger charge is 2.15.